The van der Waals surface area contributed by atoms with Crippen molar-refractivity contribution in [2.24, 2.45) is 0 Å². The highest BCUT2D eigenvalue weighted by Crippen LogP contribution is 2.27. The number of rotatable bonds is 5. The normalized spacial score (nSPS) is 13.5. The molecule has 0 radical (unpaired) electrons. The average Bonchev–Trinajstić information content (AvgIpc) is 2.46. The van der Waals surface area contributed by atoms with Gasteiger partial charge in [0.25, 0.3) is 0 Å². The van der Waals surface area contributed by atoms with Crippen molar-refractivity contribution in [3.63, 3.8) is 0 Å². The van der Waals surface area contributed by atoms with Gasteiger partial charge in [0.05, 0.1) is 6.54 Å². The number of carboxylic acids is 1. The maximum absolute atomic E-state index is 10.9. The van der Waals surface area contributed by atoms with E-state index >= 15 is 0 Å². The third-order valence-corrected chi connectivity index (χ3v) is 3.10. The second kappa shape index (κ2) is 5.75. The number of aliphatic carboxylic acids is 1. The van der Waals surface area contributed by atoms with Crippen LogP contribution in [-0.2, 0) is 4.79 Å². The van der Waals surface area contributed by atoms with E-state index in [0.717, 1.165) is 16.8 Å². The maximum atomic E-state index is 10.9. The lowest BCUT2D eigenvalue weighted by Crippen LogP contribution is -2.41. The van der Waals surface area contributed by atoms with Crippen LogP contribution in [0.25, 0.3) is 11.1 Å². The second-order valence-electron chi connectivity index (χ2n) is 4.84. The standard InChI is InChI=1S/C16H17NO3/c1-16(20,15(18)19)11-17-14-10-6-5-9-13(14)12-7-3-2-4-8-12/h2-10,17,20H,11H2,1H3,(H,18,19). The summed E-state index contributed by atoms with van der Waals surface area (Å²) in [4.78, 5) is 10.9. The predicted octanol–water partition coefficient (Wildman–Crippen LogP) is 2.60. The molecule has 0 saturated heterocycles. The molecule has 0 bridgehead atoms. The number of benzene rings is 2. The molecule has 1 atom stereocenters. The van der Waals surface area contributed by atoms with E-state index in [-0.39, 0.29) is 6.54 Å². The quantitative estimate of drug-likeness (QED) is 0.782. The summed E-state index contributed by atoms with van der Waals surface area (Å²) in [6.07, 6.45) is 0. The minimum absolute atomic E-state index is 0.0633. The first-order valence-corrected chi connectivity index (χ1v) is 6.35. The van der Waals surface area contributed by atoms with Crippen LogP contribution in [0.4, 0.5) is 5.69 Å². The zero-order valence-electron chi connectivity index (χ0n) is 11.2. The lowest BCUT2D eigenvalue weighted by molar-refractivity contribution is -0.155. The molecule has 0 fully saturated rings. The Hall–Kier alpha value is -2.33. The van der Waals surface area contributed by atoms with Gasteiger partial charge in [-0.3, -0.25) is 0 Å². The summed E-state index contributed by atoms with van der Waals surface area (Å²) in [5.74, 6) is -1.25. The average molecular weight is 271 g/mol. The molecule has 0 aromatic heterocycles. The SMILES string of the molecule is CC(O)(CNc1ccccc1-c1ccccc1)C(=O)O. The monoisotopic (exact) mass is 271 g/mol. The second-order valence-corrected chi connectivity index (χ2v) is 4.84. The van der Waals surface area contributed by atoms with Gasteiger partial charge in [-0.2, -0.15) is 0 Å². The lowest BCUT2D eigenvalue weighted by Gasteiger charge is -2.20. The molecular formula is C16H17NO3. The first kappa shape index (κ1) is 14.1. The summed E-state index contributed by atoms with van der Waals surface area (Å²) >= 11 is 0. The number of aliphatic hydroxyl groups is 1. The molecule has 0 aliphatic heterocycles. The zero-order chi connectivity index (χ0) is 14.6. The van der Waals surface area contributed by atoms with Crippen LogP contribution in [0.3, 0.4) is 0 Å². The summed E-state index contributed by atoms with van der Waals surface area (Å²) in [6, 6.07) is 17.4. The number of carboxylic acid groups (broad SMARTS) is 1. The fourth-order valence-corrected chi connectivity index (χ4v) is 1.85. The van der Waals surface area contributed by atoms with Crippen LogP contribution >= 0.6 is 0 Å². The molecule has 0 amide bonds. The Kier molecular flexibility index (Phi) is 4.05. The van der Waals surface area contributed by atoms with E-state index in [1.807, 2.05) is 54.6 Å². The molecule has 104 valence electrons. The van der Waals surface area contributed by atoms with Crippen molar-refractivity contribution in [2.45, 2.75) is 12.5 Å². The summed E-state index contributed by atoms with van der Waals surface area (Å²) in [7, 11) is 0. The van der Waals surface area contributed by atoms with Gasteiger partial charge in [-0.1, -0.05) is 48.5 Å². The fraction of sp³-hybridized carbons (Fsp3) is 0.188. The summed E-state index contributed by atoms with van der Waals surface area (Å²) in [5.41, 5.74) is 0.990. The van der Waals surface area contributed by atoms with Crippen molar-refractivity contribution in [1.82, 2.24) is 0 Å². The van der Waals surface area contributed by atoms with Crippen LogP contribution in [0, 0.1) is 0 Å². The minimum atomic E-state index is -1.80. The molecule has 0 spiro atoms. The van der Waals surface area contributed by atoms with Crippen molar-refractivity contribution >= 4 is 11.7 Å². The largest absolute Gasteiger partial charge is 0.479 e. The van der Waals surface area contributed by atoms with Gasteiger partial charge >= 0.3 is 5.97 Å². The highest BCUT2D eigenvalue weighted by Gasteiger charge is 2.29. The van der Waals surface area contributed by atoms with Crippen LogP contribution in [0.15, 0.2) is 54.6 Å². The molecule has 0 aliphatic carbocycles. The Morgan fingerprint density at radius 1 is 1.10 bits per heavy atom. The summed E-state index contributed by atoms with van der Waals surface area (Å²) < 4.78 is 0. The zero-order valence-corrected chi connectivity index (χ0v) is 11.2. The molecule has 1 unspecified atom stereocenters. The van der Waals surface area contributed by atoms with Gasteiger partial charge in [0.15, 0.2) is 5.60 Å². The Bertz CT molecular complexity index is 594. The van der Waals surface area contributed by atoms with Gasteiger partial charge in [-0.05, 0) is 18.6 Å². The van der Waals surface area contributed by atoms with Crippen LogP contribution in [0.2, 0.25) is 0 Å². The first-order valence-electron chi connectivity index (χ1n) is 6.35. The van der Waals surface area contributed by atoms with E-state index in [1.54, 1.807) is 0 Å². The third-order valence-electron chi connectivity index (χ3n) is 3.10. The molecule has 3 N–H and O–H groups in total. The van der Waals surface area contributed by atoms with Gasteiger partial charge in [0.2, 0.25) is 0 Å². The molecule has 0 aliphatic rings. The molecule has 2 aromatic rings. The number of hydrogen-bond acceptors (Lipinski definition) is 3. The number of para-hydroxylation sites is 1. The Labute approximate surface area is 117 Å². The Morgan fingerprint density at radius 3 is 2.35 bits per heavy atom. The summed E-state index contributed by atoms with van der Waals surface area (Å²) in [5, 5.41) is 21.7. The molecular weight excluding hydrogens is 254 g/mol. The smallest absolute Gasteiger partial charge is 0.337 e. The molecule has 20 heavy (non-hydrogen) atoms. The van der Waals surface area contributed by atoms with E-state index in [0.29, 0.717) is 0 Å². The molecule has 0 saturated carbocycles. The predicted molar refractivity (Wildman–Crippen MR) is 78.6 cm³/mol. The molecule has 2 rings (SSSR count). The number of anilines is 1. The van der Waals surface area contributed by atoms with E-state index in [2.05, 4.69) is 5.32 Å². The van der Waals surface area contributed by atoms with E-state index in [4.69, 9.17) is 5.11 Å². The van der Waals surface area contributed by atoms with Crippen molar-refractivity contribution in [3.05, 3.63) is 54.6 Å². The van der Waals surface area contributed by atoms with Gasteiger partial charge in [-0.15, -0.1) is 0 Å². The number of carbonyl (C=O) groups is 1. The van der Waals surface area contributed by atoms with Crippen molar-refractivity contribution in [3.8, 4) is 11.1 Å². The van der Waals surface area contributed by atoms with Crippen LogP contribution < -0.4 is 5.32 Å². The topological polar surface area (TPSA) is 69.6 Å². The third kappa shape index (κ3) is 3.16. The summed E-state index contributed by atoms with van der Waals surface area (Å²) in [6.45, 7) is 1.21. The maximum Gasteiger partial charge on any atom is 0.337 e. The van der Waals surface area contributed by atoms with E-state index < -0.39 is 11.6 Å². The van der Waals surface area contributed by atoms with Gasteiger partial charge in [0.1, 0.15) is 0 Å². The van der Waals surface area contributed by atoms with E-state index in [1.165, 1.54) is 6.92 Å². The first-order chi connectivity index (χ1) is 9.50. The fourth-order valence-electron chi connectivity index (χ4n) is 1.85. The van der Waals surface area contributed by atoms with Gasteiger partial charge < -0.3 is 15.5 Å². The van der Waals surface area contributed by atoms with Crippen LogP contribution in [0.1, 0.15) is 6.92 Å². The minimum Gasteiger partial charge on any atom is -0.479 e. The molecule has 0 heterocycles. The van der Waals surface area contributed by atoms with E-state index in [9.17, 15) is 9.90 Å². The molecule has 4 heteroatoms. The number of nitrogens with one attached hydrogen (secondary N) is 1. The van der Waals surface area contributed by atoms with Crippen LogP contribution in [0.5, 0.6) is 0 Å². The van der Waals surface area contributed by atoms with Gasteiger partial charge in [0, 0.05) is 11.3 Å². The Morgan fingerprint density at radius 2 is 1.70 bits per heavy atom. The number of hydrogen-bond donors (Lipinski definition) is 3. The molecule has 2 aromatic carbocycles. The highest BCUT2D eigenvalue weighted by molar-refractivity contribution is 5.80. The van der Waals surface area contributed by atoms with Crippen molar-refractivity contribution in [2.75, 3.05) is 11.9 Å². The van der Waals surface area contributed by atoms with Gasteiger partial charge in [-0.25, -0.2) is 4.79 Å². The van der Waals surface area contributed by atoms with Crippen molar-refractivity contribution in [1.29, 1.82) is 0 Å². The van der Waals surface area contributed by atoms with Crippen molar-refractivity contribution < 1.29 is 15.0 Å². The highest BCUT2D eigenvalue weighted by atomic mass is 16.4. The Balaban J connectivity index is 2.24. The lowest BCUT2D eigenvalue weighted by atomic mass is 10.0. The van der Waals surface area contributed by atoms with Crippen LogP contribution in [-0.4, -0.2) is 28.3 Å². The molecule has 4 nitrogen and oxygen atoms in total.